The van der Waals surface area contributed by atoms with Gasteiger partial charge in [0.1, 0.15) is 0 Å². The van der Waals surface area contributed by atoms with E-state index in [1.54, 1.807) is 0 Å². The number of hydrogen-bond acceptors (Lipinski definition) is 4. The number of nitrogens with one attached hydrogen (secondary N) is 2. The van der Waals surface area contributed by atoms with Crippen molar-refractivity contribution >= 4 is 17.3 Å². The van der Waals surface area contributed by atoms with Crippen molar-refractivity contribution in [2.24, 2.45) is 0 Å². The van der Waals surface area contributed by atoms with Crippen molar-refractivity contribution in [1.29, 1.82) is 0 Å². The summed E-state index contributed by atoms with van der Waals surface area (Å²) in [6.07, 6.45) is 0. The molecule has 0 fully saturated rings. The average Bonchev–Trinajstić information content (AvgIpc) is 2.72. The fourth-order valence-corrected chi connectivity index (χ4v) is 3.07. The van der Waals surface area contributed by atoms with Crippen LogP contribution >= 0.6 is 0 Å². The SMILES string of the molecule is CCOc1cc(CNc2cccc(C)c2)ccc1OCC(=O)Nc1cccc(C)c1. The van der Waals surface area contributed by atoms with E-state index >= 15 is 0 Å². The summed E-state index contributed by atoms with van der Waals surface area (Å²) in [6.45, 7) is 7.06. The summed E-state index contributed by atoms with van der Waals surface area (Å²) in [7, 11) is 0. The highest BCUT2D eigenvalue weighted by molar-refractivity contribution is 5.92. The fraction of sp³-hybridized carbons (Fsp3) is 0.240. The van der Waals surface area contributed by atoms with E-state index in [0.717, 1.165) is 22.5 Å². The Morgan fingerprint density at radius 1 is 0.833 bits per heavy atom. The monoisotopic (exact) mass is 404 g/mol. The van der Waals surface area contributed by atoms with Crippen LogP contribution < -0.4 is 20.1 Å². The van der Waals surface area contributed by atoms with Crippen molar-refractivity contribution in [3.8, 4) is 11.5 Å². The number of benzene rings is 3. The third-order valence-corrected chi connectivity index (χ3v) is 4.48. The number of ether oxygens (including phenoxy) is 2. The number of amides is 1. The number of carbonyl (C=O) groups is 1. The molecule has 1 amide bonds. The Morgan fingerprint density at radius 2 is 1.53 bits per heavy atom. The van der Waals surface area contributed by atoms with Crippen LogP contribution in [0.3, 0.4) is 0 Å². The summed E-state index contributed by atoms with van der Waals surface area (Å²) in [5.74, 6) is 0.966. The maximum Gasteiger partial charge on any atom is 0.262 e. The molecule has 0 aliphatic heterocycles. The average molecular weight is 405 g/mol. The van der Waals surface area contributed by atoms with Gasteiger partial charge in [-0.3, -0.25) is 4.79 Å². The molecule has 0 aromatic heterocycles. The van der Waals surface area contributed by atoms with Gasteiger partial charge in [0, 0.05) is 17.9 Å². The van der Waals surface area contributed by atoms with Crippen LogP contribution in [0.15, 0.2) is 66.7 Å². The van der Waals surface area contributed by atoms with Gasteiger partial charge in [-0.1, -0.05) is 30.3 Å². The lowest BCUT2D eigenvalue weighted by molar-refractivity contribution is -0.118. The second kappa shape index (κ2) is 10.3. The van der Waals surface area contributed by atoms with E-state index in [1.165, 1.54) is 5.56 Å². The minimum Gasteiger partial charge on any atom is -0.490 e. The molecule has 0 radical (unpaired) electrons. The molecule has 3 rings (SSSR count). The highest BCUT2D eigenvalue weighted by Crippen LogP contribution is 2.29. The predicted molar refractivity (Wildman–Crippen MR) is 121 cm³/mol. The molecule has 0 unspecified atom stereocenters. The summed E-state index contributed by atoms with van der Waals surface area (Å²) in [6, 6.07) is 21.7. The highest BCUT2D eigenvalue weighted by atomic mass is 16.5. The van der Waals surface area contributed by atoms with Gasteiger partial charge in [-0.15, -0.1) is 0 Å². The van der Waals surface area contributed by atoms with E-state index in [1.807, 2.05) is 68.4 Å². The predicted octanol–water partition coefficient (Wildman–Crippen LogP) is 5.33. The molecule has 5 nitrogen and oxygen atoms in total. The molecule has 0 heterocycles. The van der Waals surface area contributed by atoms with E-state index < -0.39 is 0 Å². The van der Waals surface area contributed by atoms with Gasteiger partial charge in [0.15, 0.2) is 18.1 Å². The summed E-state index contributed by atoms with van der Waals surface area (Å²) in [5.41, 5.74) is 5.19. The van der Waals surface area contributed by atoms with E-state index in [0.29, 0.717) is 24.7 Å². The number of hydrogen-bond donors (Lipinski definition) is 2. The lowest BCUT2D eigenvalue weighted by Crippen LogP contribution is -2.20. The van der Waals surface area contributed by atoms with Gasteiger partial charge < -0.3 is 20.1 Å². The highest BCUT2D eigenvalue weighted by Gasteiger charge is 2.10. The Morgan fingerprint density at radius 3 is 2.23 bits per heavy atom. The first kappa shape index (κ1) is 21.2. The van der Waals surface area contributed by atoms with Crippen LogP contribution in [0.25, 0.3) is 0 Å². The molecule has 0 atom stereocenters. The van der Waals surface area contributed by atoms with E-state index in [9.17, 15) is 4.79 Å². The van der Waals surface area contributed by atoms with Crippen LogP contribution in [-0.4, -0.2) is 19.1 Å². The van der Waals surface area contributed by atoms with Gasteiger partial charge in [0.05, 0.1) is 6.61 Å². The molecule has 2 N–H and O–H groups in total. The summed E-state index contributed by atoms with van der Waals surface area (Å²) in [5, 5.41) is 6.26. The molecular formula is C25H28N2O3. The van der Waals surface area contributed by atoms with Crippen molar-refractivity contribution in [1.82, 2.24) is 0 Å². The van der Waals surface area contributed by atoms with Gasteiger partial charge >= 0.3 is 0 Å². The van der Waals surface area contributed by atoms with Gasteiger partial charge in [0.25, 0.3) is 5.91 Å². The molecule has 3 aromatic rings. The van der Waals surface area contributed by atoms with Crippen LogP contribution in [0.2, 0.25) is 0 Å². The number of rotatable bonds is 9. The Bertz CT molecular complexity index is 1000. The van der Waals surface area contributed by atoms with Crippen molar-refractivity contribution in [2.45, 2.75) is 27.3 Å². The quantitative estimate of drug-likeness (QED) is 0.506. The molecule has 0 aliphatic rings. The van der Waals surface area contributed by atoms with Crippen molar-refractivity contribution in [2.75, 3.05) is 23.8 Å². The zero-order valence-electron chi connectivity index (χ0n) is 17.7. The van der Waals surface area contributed by atoms with Gasteiger partial charge in [0.2, 0.25) is 0 Å². The van der Waals surface area contributed by atoms with Crippen LogP contribution in [0.5, 0.6) is 11.5 Å². The Kier molecular flexibility index (Phi) is 7.33. The molecule has 0 saturated carbocycles. The lowest BCUT2D eigenvalue weighted by Gasteiger charge is -2.14. The Hall–Kier alpha value is -3.47. The molecule has 30 heavy (non-hydrogen) atoms. The number of aryl methyl sites for hydroxylation is 2. The second-order valence-corrected chi connectivity index (χ2v) is 7.14. The third kappa shape index (κ3) is 6.27. The van der Waals surface area contributed by atoms with Gasteiger partial charge in [-0.2, -0.15) is 0 Å². The number of anilines is 2. The van der Waals surface area contributed by atoms with Crippen LogP contribution in [0.4, 0.5) is 11.4 Å². The molecule has 3 aromatic carbocycles. The summed E-state index contributed by atoms with van der Waals surface area (Å²) < 4.78 is 11.5. The largest absolute Gasteiger partial charge is 0.490 e. The van der Waals surface area contributed by atoms with Crippen molar-refractivity contribution in [3.05, 3.63) is 83.4 Å². The Labute approximate surface area is 178 Å². The Balaban J connectivity index is 1.60. The maximum atomic E-state index is 12.2. The van der Waals surface area contributed by atoms with Gasteiger partial charge in [-0.25, -0.2) is 0 Å². The standard InChI is InChI=1S/C25H28N2O3/c1-4-29-24-15-20(16-26-21-9-5-7-18(2)13-21)11-12-23(24)30-17-25(28)27-22-10-6-8-19(3)14-22/h5-15,26H,4,16-17H2,1-3H3,(H,27,28). The first-order chi connectivity index (χ1) is 14.5. The minimum atomic E-state index is -0.215. The topological polar surface area (TPSA) is 59.6 Å². The second-order valence-electron chi connectivity index (χ2n) is 7.14. The normalized spacial score (nSPS) is 10.4. The molecule has 0 saturated heterocycles. The lowest BCUT2D eigenvalue weighted by atomic mass is 10.2. The first-order valence-electron chi connectivity index (χ1n) is 10.1. The van der Waals surface area contributed by atoms with E-state index in [2.05, 4.69) is 29.7 Å². The van der Waals surface area contributed by atoms with Crippen LogP contribution in [-0.2, 0) is 11.3 Å². The molecular weight excluding hydrogens is 376 g/mol. The van der Waals surface area contributed by atoms with Crippen LogP contribution in [0, 0.1) is 13.8 Å². The number of carbonyl (C=O) groups excluding carboxylic acids is 1. The molecule has 0 spiro atoms. The first-order valence-corrected chi connectivity index (χ1v) is 10.1. The maximum absolute atomic E-state index is 12.2. The minimum absolute atomic E-state index is 0.0884. The summed E-state index contributed by atoms with van der Waals surface area (Å²) >= 11 is 0. The zero-order chi connectivity index (χ0) is 21.3. The van der Waals surface area contributed by atoms with E-state index in [4.69, 9.17) is 9.47 Å². The third-order valence-electron chi connectivity index (χ3n) is 4.48. The molecule has 0 bridgehead atoms. The summed E-state index contributed by atoms with van der Waals surface area (Å²) in [4.78, 5) is 12.2. The molecule has 0 aliphatic carbocycles. The van der Waals surface area contributed by atoms with Crippen molar-refractivity contribution in [3.63, 3.8) is 0 Å². The fourth-order valence-electron chi connectivity index (χ4n) is 3.07. The molecule has 156 valence electrons. The smallest absolute Gasteiger partial charge is 0.262 e. The molecule has 5 heteroatoms. The van der Waals surface area contributed by atoms with Crippen LogP contribution in [0.1, 0.15) is 23.6 Å². The van der Waals surface area contributed by atoms with E-state index in [-0.39, 0.29) is 12.5 Å². The zero-order valence-corrected chi connectivity index (χ0v) is 17.7. The van der Waals surface area contributed by atoms with Gasteiger partial charge in [-0.05, 0) is 73.9 Å². The van der Waals surface area contributed by atoms with Crippen molar-refractivity contribution < 1.29 is 14.3 Å².